The molecule has 2 amide bonds. The molecule has 2 N–H and O–H groups in total. The summed E-state index contributed by atoms with van der Waals surface area (Å²) in [7, 11) is 1.62. The number of likely N-dealkylation sites (N-methyl/N-ethyl adjacent to an activating group) is 1. The third-order valence-electron chi connectivity index (χ3n) is 3.83. The number of hydrogen-bond acceptors (Lipinski definition) is 2. The molecule has 0 aliphatic heterocycles. The van der Waals surface area contributed by atoms with E-state index >= 15 is 0 Å². The molecule has 0 unspecified atom stereocenters. The highest BCUT2D eigenvalue weighted by Gasteiger charge is 2.18. The highest BCUT2D eigenvalue weighted by Crippen LogP contribution is 2.27. The van der Waals surface area contributed by atoms with Crippen molar-refractivity contribution in [1.82, 2.24) is 5.32 Å². The molecule has 0 aromatic heterocycles. The zero-order chi connectivity index (χ0) is 14.4. The van der Waals surface area contributed by atoms with E-state index in [2.05, 4.69) is 10.6 Å². The fourth-order valence-electron chi connectivity index (χ4n) is 2.67. The predicted octanol–water partition coefficient (Wildman–Crippen LogP) is 2.49. The molecule has 1 aromatic rings. The Morgan fingerprint density at radius 1 is 1.10 bits per heavy atom. The minimum Gasteiger partial charge on any atom is -0.359 e. The summed E-state index contributed by atoms with van der Waals surface area (Å²) in [6, 6.07) is 7.45. The first-order valence-electron chi connectivity index (χ1n) is 7.27. The molecule has 0 spiro atoms. The van der Waals surface area contributed by atoms with Crippen LogP contribution in [0.3, 0.4) is 0 Å². The molecule has 0 radical (unpaired) electrons. The summed E-state index contributed by atoms with van der Waals surface area (Å²) in [4.78, 5) is 23.2. The lowest BCUT2D eigenvalue weighted by Crippen LogP contribution is -2.20. The summed E-state index contributed by atoms with van der Waals surface area (Å²) in [5, 5.41) is 5.52. The highest BCUT2D eigenvalue weighted by atomic mass is 16.2. The van der Waals surface area contributed by atoms with E-state index < -0.39 is 0 Å². The Morgan fingerprint density at radius 3 is 2.35 bits per heavy atom. The molecular formula is C16H22N2O2. The molecule has 0 bridgehead atoms. The van der Waals surface area contributed by atoms with Crippen molar-refractivity contribution in [2.24, 2.45) is 5.92 Å². The fourth-order valence-corrected chi connectivity index (χ4v) is 2.67. The maximum Gasteiger partial charge on any atom is 0.224 e. The number of nitrogens with one attached hydrogen (secondary N) is 2. The number of carbonyl (C=O) groups is 2. The molecule has 0 saturated heterocycles. The van der Waals surface area contributed by atoms with Crippen LogP contribution < -0.4 is 10.6 Å². The summed E-state index contributed by atoms with van der Waals surface area (Å²) in [5.41, 5.74) is 1.74. The van der Waals surface area contributed by atoms with Gasteiger partial charge in [-0.15, -0.1) is 0 Å². The van der Waals surface area contributed by atoms with E-state index in [0.29, 0.717) is 18.8 Å². The van der Waals surface area contributed by atoms with E-state index in [1.165, 1.54) is 25.7 Å². The number of hydrogen-bond donors (Lipinski definition) is 2. The summed E-state index contributed by atoms with van der Waals surface area (Å²) in [5.74, 6) is 0.640. The van der Waals surface area contributed by atoms with Gasteiger partial charge in [0.05, 0.1) is 6.42 Å². The van der Waals surface area contributed by atoms with Gasteiger partial charge < -0.3 is 10.6 Å². The highest BCUT2D eigenvalue weighted by molar-refractivity contribution is 5.91. The van der Waals surface area contributed by atoms with Crippen LogP contribution >= 0.6 is 0 Å². The van der Waals surface area contributed by atoms with Crippen molar-refractivity contribution in [2.75, 3.05) is 12.4 Å². The summed E-state index contributed by atoms with van der Waals surface area (Å²) >= 11 is 0. The lowest BCUT2D eigenvalue weighted by atomic mass is 10.0. The lowest BCUT2D eigenvalue weighted by Gasteiger charge is -2.10. The smallest absolute Gasteiger partial charge is 0.224 e. The maximum atomic E-state index is 11.9. The molecule has 1 aliphatic carbocycles. The minimum atomic E-state index is -0.0111. The average Bonchev–Trinajstić information content (AvgIpc) is 2.93. The first-order valence-corrected chi connectivity index (χ1v) is 7.27. The second kappa shape index (κ2) is 7.08. The Bertz CT molecular complexity index is 462. The van der Waals surface area contributed by atoms with Gasteiger partial charge in [-0.3, -0.25) is 9.59 Å². The van der Waals surface area contributed by atoms with Crippen LogP contribution in [-0.2, 0) is 16.0 Å². The Hall–Kier alpha value is -1.84. The molecular weight excluding hydrogens is 252 g/mol. The van der Waals surface area contributed by atoms with Gasteiger partial charge in [-0.2, -0.15) is 0 Å². The van der Waals surface area contributed by atoms with Gasteiger partial charge in [0.1, 0.15) is 0 Å². The van der Waals surface area contributed by atoms with E-state index in [1.54, 1.807) is 7.05 Å². The number of anilines is 1. The summed E-state index contributed by atoms with van der Waals surface area (Å²) < 4.78 is 0. The number of carbonyl (C=O) groups excluding carboxylic acids is 2. The Labute approximate surface area is 119 Å². The standard InChI is InChI=1S/C16H22N2O2/c1-17-15(19)10-13-6-8-14(9-7-13)18-16(20)11-12-4-2-3-5-12/h6-9,12H,2-5,10-11H2,1H3,(H,17,19)(H,18,20). The van der Waals surface area contributed by atoms with Crippen molar-refractivity contribution >= 4 is 17.5 Å². The van der Waals surface area contributed by atoms with Gasteiger partial charge in [0.2, 0.25) is 11.8 Å². The van der Waals surface area contributed by atoms with Crippen molar-refractivity contribution in [1.29, 1.82) is 0 Å². The third-order valence-corrected chi connectivity index (χ3v) is 3.83. The molecule has 1 saturated carbocycles. The van der Waals surface area contributed by atoms with Gasteiger partial charge in [-0.25, -0.2) is 0 Å². The Balaban J connectivity index is 1.83. The Morgan fingerprint density at radius 2 is 1.75 bits per heavy atom. The topological polar surface area (TPSA) is 58.2 Å². The number of benzene rings is 1. The molecule has 4 heteroatoms. The summed E-state index contributed by atoms with van der Waals surface area (Å²) in [6.07, 6.45) is 5.86. The molecule has 2 rings (SSSR count). The van der Waals surface area contributed by atoms with E-state index in [1.807, 2.05) is 24.3 Å². The second-order valence-corrected chi connectivity index (χ2v) is 5.45. The van der Waals surface area contributed by atoms with Gasteiger partial charge in [-0.1, -0.05) is 25.0 Å². The normalized spacial score (nSPS) is 15.1. The summed E-state index contributed by atoms with van der Waals surface area (Å²) in [6.45, 7) is 0. The zero-order valence-corrected chi connectivity index (χ0v) is 11.9. The molecule has 0 atom stereocenters. The van der Waals surface area contributed by atoms with Gasteiger partial charge in [0.15, 0.2) is 0 Å². The van der Waals surface area contributed by atoms with E-state index in [9.17, 15) is 9.59 Å². The van der Waals surface area contributed by atoms with Crippen LogP contribution in [0.1, 0.15) is 37.7 Å². The molecule has 4 nitrogen and oxygen atoms in total. The van der Waals surface area contributed by atoms with Crippen molar-refractivity contribution in [3.05, 3.63) is 29.8 Å². The lowest BCUT2D eigenvalue weighted by molar-refractivity contribution is -0.120. The SMILES string of the molecule is CNC(=O)Cc1ccc(NC(=O)CC2CCCC2)cc1. The zero-order valence-electron chi connectivity index (χ0n) is 11.9. The number of amides is 2. The molecule has 108 valence electrons. The van der Waals surface area contributed by atoms with Crippen LogP contribution in [0.2, 0.25) is 0 Å². The Kier molecular flexibility index (Phi) is 5.16. The van der Waals surface area contributed by atoms with Crippen LogP contribution in [0, 0.1) is 5.92 Å². The van der Waals surface area contributed by atoms with Crippen molar-refractivity contribution in [2.45, 2.75) is 38.5 Å². The van der Waals surface area contributed by atoms with Crippen molar-refractivity contribution in [3.63, 3.8) is 0 Å². The first kappa shape index (κ1) is 14.6. The first-order chi connectivity index (χ1) is 9.67. The van der Waals surface area contributed by atoms with Gasteiger partial charge in [0, 0.05) is 19.2 Å². The quantitative estimate of drug-likeness (QED) is 0.866. The average molecular weight is 274 g/mol. The van der Waals surface area contributed by atoms with E-state index in [0.717, 1.165) is 11.3 Å². The monoisotopic (exact) mass is 274 g/mol. The van der Waals surface area contributed by atoms with Crippen LogP contribution in [0.5, 0.6) is 0 Å². The maximum absolute atomic E-state index is 11.9. The van der Waals surface area contributed by atoms with Crippen LogP contribution in [-0.4, -0.2) is 18.9 Å². The predicted molar refractivity (Wildman–Crippen MR) is 79.4 cm³/mol. The molecule has 1 aromatic carbocycles. The van der Waals surface area contributed by atoms with Crippen LogP contribution in [0.15, 0.2) is 24.3 Å². The van der Waals surface area contributed by atoms with E-state index in [4.69, 9.17) is 0 Å². The molecule has 1 fully saturated rings. The van der Waals surface area contributed by atoms with Crippen LogP contribution in [0.25, 0.3) is 0 Å². The largest absolute Gasteiger partial charge is 0.359 e. The number of rotatable bonds is 5. The fraction of sp³-hybridized carbons (Fsp3) is 0.500. The van der Waals surface area contributed by atoms with Gasteiger partial charge in [0.25, 0.3) is 0 Å². The molecule has 1 aliphatic rings. The second-order valence-electron chi connectivity index (χ2n) is 5.45. The minimum absolute atomic E-state index is 0.0111. The van der Waals surface area contributed by atoms with Crippen molar-refractivity contribution < 1.29 is 9.59 Å². The van der Waals surface area contributed by atoms with Gasteiger partial charge in [-0.05, 0) is 36.5 Å². The van der Waals surface area contributed by atoms with Crippen molar-refractivity contribution in [3.8, 4) is 0 Å². The molecule has 0 heterocycles. The van der Waals surface area contributed by atoms with E-state index in [-0.39, 0.29) is 11.8 Å². The third kappa shape index (κ3) is 4.37. The molecule has 20 heavy (non-hydrogen) atoms. The van der Waals surface area contributed by atoms with Gasteiger partial charge >= 0.3 is 0 Å². The van der Waals surface area contributed by atoms with Crippen LogP contribution in [0.4, 0.5) is 5.69 Å².